The average molecular weight is 138 g/mol. The van der Waals surface area contributed by atoms with Crippen LogP contribution in [0, 0.1) is 5.92 Å². The van der Waals surface area contributed by atoms with Crippen LogP contribution in [0.5, 0.6) is 0 Å². The number of fused-ring (bicyclic) bond motifs is 2. The van der Waals surface area contributed by atoms with Crippen LogP contribution in [-0.4, -0.2) is 18.0 Å². The van der Waals surface area contributed by atoms with E-state index in [0.29, 0.717) is 0 Å². The van der Waals surface area contributed by atoms with E-state index in [1.54, 1.807) is 6.92 Å². The maximum absolute atomic E-state index is 10.9. The second-order valence-electron chi connectivity index (χ2n) is 2.98. The topological polar surface area (TPSA) is 26.3 Å². The van der Waals surface area contributed by atoms with Crippen molar-refractivity contribution in [2.24, 2.45) is 5.92 Å². The predicted octanol–water partition coefficient (Wildman–Crippen LogP) is 0.919. The summed E-state index contributed by atoms with van der Waals surface area (Å²) in [6.45, 7) is 1.64. The molecule has 0 saturated carbocycles. The Balaban J connectivity index is 2.16. The first-order valence-electron chi connectivity index (χ1n) is 3.61. The average Bonchev–Trinajstić information content (AvgIpc) is 2.44. The molecule has 2 heterocycles. The zero-order valence-corrected chi connectivity index (χ0v) is 5.91. The summed E-state index contributed by atoms with van der Waals surface area (Å²) in [4.78, 5) is 10.9. The number of carbonyl (C=O) groups is 1. The van der Waals surface area contributed by atoms with E-state index < -0.39 is 0 Å². The molecule has 2 heteroatoms. The Morgan fingerprint density at radius 2 is 2.40 bits per heavy atom. The van der Waals surface area contributed by atoms with Crippen LogP contribution in [0.25, 0.3) is 0 Å². The first-order chi connectivity index (χ1) is 4.77. The lowest BCUT2D eigenvalue weighted by Crippen LogP contribution is -2.20. The van der Waals surface area contributed by atoms with Crippen LogP contribution in [0.2, 0.25) is 0 Å². The van der Waals surface area contributed by atoms with Crippen LogP contribution in [0.15, 0.2) is 12.2 Å². The number of hydrogen-bond acceptors (Lipinski definition) is 2. The van der Waals surface area contributed by atoms with Crippen molar-refractivity contribution >= 4 is 5.78 Å². The first kappa shape index (κ1) is 6.10. The molecule has 1 saturated heterocycles. The fourth-order valence-corrected chi connectivity index (χ4v) is 1.67. The second-order valence-corrected chi connectivity index (χ2v) is 2.98. The van der Waals surface area contributed by atoms with Crippen molar-refractivity contribution in [3.05, 3.63) is 12.2 Å². The van der Waals surface area contributed by atoms with Gasteiger partial charge in [0.25, 0.3) is 0 Å². The van der Waals surface area contributed by atoms with E-state index in [0.717, 1.165) is 6.42 Å². The Morgan fingerprint density at radius 1 is 1.60 bits per heavy atom. The van der Waals surface area contributed by atoms with Crippen molar-refractivity contribution in [1.29, 1.82) is 0 Å². The fraction of sp³-hybridized carbons (Fsp3) is 0.625. The molecule has 0 amide bonds. The van der Waals surface area contributed by atoms with Gasteiger partial charge in [-0.25, -0.2) is 0 Å². The van der Waals surface area contributed by atoms with Crippen molar-refractivity contribution < 1.29 is 9.53 Å². The molecule has 54 valence electrons. The summed E-state index contributed by atoms with van der Waals surface area (Å²) in [5, 5.41) is 0. The molecular weight excluding hydrogens is 128 g/mol. The van der Waals surface area contributed by atoms with Gasteiger partial charge in [-0.3, -0.25) is 4.79 Å². The molecule has 2 aliphatic heterocycles. The number of rotatable bonds is 1. The van der Waals surface area contributed by atoms with Crippen LogP contribution < -0.4 is 0 Å². The molecule has 1 fully saturated rings. The summed E-state index contributed by atoms with van der Waals surface area (Å²) < 4.78 is 5.41. The van der Waals surface area contributed by atoms with Gasteiger partial charge in [0.15, 0.2) is 0 Å². The molecule has 0 aliphatic carbocycles. The van der Waals surface area contributed by atoms with Gasteiger partial charge < -0.3 is 4.74 Å². The number of ether oxygens (including phenoxy) is 1. The van der Waals surface area contributed by atoms with E-state index in [9.17, 15) is 4.79 Å². The maximum Gasteiger partial charge on any atom is 0.135 e. The predicted molar refractivity (Wildman–Crippen MR) is 36.6 cm³/mol. The summed E-state index contributed by atoms with van der Waals surface area (Å²) in [5.74, 6) is 0.409. The van der Waals surface area contributed by atoms with Crippen molar-refractivity contribution in [3.8, 4) is 0 Å². The number of ketones is 1. The molecule has 10 heavy (non-hydrogen) atoms. The third-order valence-corrected chi connectivity index (χ3v) is 2.25. The van der Waals surface area contributed by atoms with E-state index in [-0.39, 0.29) is 23.9 Å². The number of hydrogen-bond donors (Lipinski definition) is 0. The third kappa shape index (κ3) is 0.721. The van der Waals surface area contributed by atoms with E-state index in [4.69, 9.17) is 4.74 Å². The van der Waals surface area contributed by atoms with Crippen LogP contribution in [0.4, 0.5) is 0 Å². The largest absolute Gasteiger partial charge is 0.366 e. The summed E-state index contributed by atoms with van der Waals surface area (Å²) >= 11 is 0. The molecule has 0 aromatic carbocycles. The monoisotopic (exact) mass is 138 g/mol. The molecule has 0 aromatic heterocycles. The molecule has 2 nitrogen and oxygen atoms in total. The van der Waals surface area contributed by atoms with Gasteiger partial charge in [0, 0.05) is 0 Å². The van der Waals surface area contributed by atoms with Crippen molar-refractivity contribution in [2.45, 2.75) is 25.6 Å². The lowest BCUT2D eigenvalue weighted by atomic mass is 9.91. The molecule has 0 aromatic rings. The Kier molecular flexibility index (Phi) is 1.17. The highest BCUT2D eigenvalue weighted by molar-refractivity contribution is 5.79. The van der Waals surface area contributed by atoms with Crippen molar-refractivity contribution in [1.82, 2.24) is 0 Å². The molecule has 2 aliphatic rings. The molecule has 2 bridgehead atoms. The molecule has 0 N–H and O–H groups in total. The number of Topliss-reactive ketones (excluding diaryl/α,β-unsaturated/α-hetero) is 1. The Hall–Kier alpha value is -0.630. The van der Waals surface area contributed by atoms with Gasteiger partial charge in [0.05, 0.1) is 18.1 Å². The van der Waals surface area contributed by atoms with Crippen LogP contribution >= 0.6 is 0 Å². The zero-order valence-electron chi connectivity index (χ0n) is 5.91. The molecular formula is C8H10O2. The van der Waals surface area contributed by atoms with Crippen molar-refractivity contribution in [3.63, 3.8) is 0 Å². The van der Waals surface area contributed by atoms with Crippen molar-refractivity contribution in [2.75, 3.05) is 0 Å². The van der Waals surface area contributed by atoms with E-state index in [1.807, 2.05) is 12.2 Å². The molecule has 0 unspecified atom stereocenters. The summed E-state index contributed by atoms with van der Waals surface area (Å²) in [6, 6.07) is 0. The highest BCUT2D eigenvalue weighted by atomic mass is 16.5. The standard InChI is InChI=1S/C8H10O2/c1-5(9)7-4-6-2-3-8(7)10-6/h2-3,6-8H,4H2,1H3/t6-,7+,8+/m1/s1. The van der Waals surface area contributed by atoms with Gasteiger partial charge in [0.2, 0.25) is 0 Å². The zero-order chi connectivity index (χ0) is 7.14. The summed E-state index contributed by atoms with van der Waals surface area (Å²) in [7, 11) is 0. The van der Waals surface area contributed by atoms with E-state index in [2.05, 4.69) is 0 Å². The van der Waals surface area contributed by atoms with Gasteiger partial charge in [-0.2, -0.15) is 0 Å². The van der Waals surface area contributed by atoms with Gasteiger partial charge in [-0.05, 0) is 13.3 Å². The van der Waals surface area contributed by atoms with E-state index >= 15 is 0 Å². The highest BCUT2D eigenvalue weighted by Crippen LogP contribution is 2.33. The summed E-state index contributed by atoms with van der Waals surface area (Å²) in [5.41, 5.74) is 0. The minimum atomic E-state index is 0.0995. The van der Waals surface area contributed by atoms with Crippen LogP contribution in [0.1, 0.15) is 13.3 Å². The lowest BCUT2D eigenvalue weighted by Gasteiger charge is -2.09. The Labute approximate surface area is 59.9 Å². The van der Waals surface area contributed by atoms with Gasteiger partial charge in [-0.15, -0.1) is 0 Å². The normalized spacial score (nSPS) is 42.7. The maximum atomic E-state index is 10.9. The van der Waals surface area contributed by atoms with Gasteiger partial charge in [0.1, 0.15) is 5.78 Å². The summed E-state index contributed by atoms with van der Waals surface area (Å²) in [6.07, 6.45) is 5.28. The lowest BCUT2D eigenvalue weighted by molar-refractivity contribution is -0.121. The van der Waals surface area contributed by atoms with Gasteiger partial charge in [-0.1, -0.05) is 12.2 Å². The quantitative estimate of drug-likeness (QED) is 0.503. The molecule has 3 atom stereocenters. The van der Waals surface area contributed by atoms with Crippen LogP contribution in [0.3, 0.4) is 0 Å². The fourth-order valence-electron chi connectivity index (χ4n) is 1.67. The Morgan fingerprint density at radius 3 is 2.70 bits per heavy atom. The van der Waals surface area contributed by atoms with E-state index in [1.165, 1.54) is 0 Å². The first-order valence-corrected chi connectivity index (χ1v) is 3.61. The smallest absolute Gasteiger partial charge is 0.135 e. The minimum Gasteiger partial charge on any atom is -0.366 e. The highest BCUT2D eigenvalue weighted by Gasteiger charge is 2.38. The minimum absolute atomic E-state index is 0.0995. The third-order valence-electron chi connectivity index (χ3n) is 2.25. The molecule has 0 spiro atoms. The number of carbonyl (C=O) groups excluding carboxylic acids is 1. The second kappa shape index (κ2) is 1.92. The van der Waals surface area contributed by atoms with Crippen LogP contribution in [-0.2, 0) is 9.53 Å². The molecule has 0 radical (unpaired) electrons. The molecule has 2 rings (SSSR count). The SMILES string of the molecule is CC(=O)[C@@H]1C[C@H]2C=C[C@@H]1O2. The Bertz CT molecular complexity index is 195. The van der Waals surface area contributed by atoms with Gasteiger partial charge >= 0.3 is 0 Å².